The Balaban J connectivity index is 0.00000180. The Kier molecular flexibility index (Phi) is 5.94. The van der Waals surface area contributed by atoms with E-state index in [9.17, 15) is 4.79 Å². The van der Waals surface area contributed by atoms with Crippen molar-refractivity contribution < 1.29 is 38.1 Å². The average molecular weight is 373 g/mol. The lowest BCUT2D eigenvalue weighted by Crippen LogP contribution is -3.00. The van der Waals surface area contributed by atoms with Crippen molar-refractivity contribution in [2.45, 2.75) is 13.3 Å². The summed E-state index contributed by atoms with van der Waals surface area (Å²) in [5.41, 5.74) is 0.961. The van der Waals surface area contributed by atoms with E-state index in [1.807, 2.05) is 48.3 Å². The van der Waals surface area contributed by atoms with Gasteiger partial charge in [0.15, 0.2) is 0 Å². The zero-order valence-corrected chi connectivity index (χ0v) is 13.1. The molecular weight excluding hydrogens is 357 g/mol. The maximum absolute atomic E-state index is 11.4. The van der Waals surface area contributed by atoms with Gasteiger partial charge in [-0.25, -0.2) is 4.57 Å². The van der Waals surface area contributed by atoms with E-state index >= 15 is 0 Å². The Morgan fingerprint density at radius 2 is 2.05 bits per heavy atom. The van der Waals surface area contributed by atoms with Gasteiger partial charge in [-0.15, -0.1) is 0 Å². The molecule has 1 aromatic carbocycles. The van der Waals surface area contributed by atoms with Crippen molar-refractivity contribution in [3.05, 3.63) is 42.5 Å². The summed E-state index contributed by atoms with van der Waals surface area (Å²) in [5.74, 6) is 0.420. The number of hydrogen-bond donors (Lipinski definition) is 0. The zero-order chi connectivity index (χ0) is 13.0. The van der Waals surface area contributed by atoms with E-state index in [2.05, 4.69) is 5.10 Å². The third-order valence-corrected chi connectivity index (χ3v) is 2.54. The van der Waals surface area contributed by atoms with Crippen LogP contribution in [-0.4, -0.2) is 22.4 Å². The lowest BCUT2D eigenvalue weighted by atomic mass is 10.3. The van der Waals surface area contributed by atoms with E-state index in [1.54, 1.807) is 11.6 Å². The van der Waals surface area contributed by atoms with E-state index in [1.165, 1.54) is 0 Å². The van der Waals surface area contributed by atoms with Crippen molar-refractivity contribution in [1.82, 2.24) is 9.78 Å². The standard InChI is InChI=1S/C13H16N3O2.HI/c1-3-18-13(17)9-12-14-16(10-15(12)2)11-7-5-4-6-8-11;/h4-8,10H,3,9H2,1-2H3;1H/q+1;/p-1. The third-order valence-electron chi connectivity index (χ3n) is 2.54. The second-order valence-electron chi connectivity index (χ2n) is 3.90. The number of ether oxygens (including phenoxy) is 1. The molecule has 0 aliphatic heterocycles. The second kappa shape index (κ2) is 7.22. The minimum Gasteiger partial charge on any atom is -1.00 e. The molecule has 19 heavy (non-hydrogen) atoms. The molecule has 2 aromatic rings. The Labute approximate surface area is 129 Å². The number of carbonyl (C=O) groups is 1. The molecule has 102 valence electrons. The molecule has 0 bridgehead atoms. The van der Waals surface area contributed by atoms with Crippen LogP contribution in [0.15, 0.2) is 36.7 Å². The number of benzene rings is 1. The van der Waals surface area contributed by atoms with Crippen LogP contribution < -0.4 is 28.5 Å². The van der Waals surface area contributed by atoms with E-state index in [-0.39, 0.29) is 36.4 Å². The SMILES string of the molecule is CCOC(=O)Cc1nn(-c2ccccc2)c[n+]1C.[I-]. The Hall–Kier alpha value is -1.44. The molecule has 0 aliphatic carbocycles. The summed E-state index contributed by atoms with van der Waals surface area (Å²) in [7, 11) is 1.86. The van der Waals surface area contributed by atoms with Crippen molar-refractivity contribution in [1.29, 1.82) is 0 Å². The number of aromatic nitrogens is 3. The molecule has 0 unspecified atom stereocenters. The van der Waals surface area contributed by atoms with Gasteiger partial charge in [0.2, 0.25) is 6.33 Å². The number of hydrogen-bond acceptors (Lipinski definition) is 3. The summed E-state index contributed by atoms with van der Waals surface area (Å²) in [6.07, 6.45) is 2.02. The summed E-state index contributed by atoms with van der Waals surface area (Å²) >= 11 is 0. The first-order valence-corrected chi connectivity index (χ1v) is 5.86. The first kappa shape index (κ1) is 15.6. The molecule has 6 heteroatoms. The first-order chi connectivity index (χ1) is 8.70. The maximum Gasteiger partial charge on any atom is 0.316 e. The van der Waals surface area contributed by atoms with Crippen molar-refractivity contribution in [3.8, 4) is 5.69 Å². The molecule has 0 saturated heterocycles. The molecular formula is C13H16IN3O2. The summed E-state index contributed by atoms with van der Waals surface area (Å²) in [6, 6.07) is 9.76. The molecule has 0 aliphatic rings. The topological polar surface area (TPSA) is 48.0 Å². The van der Waals surface area contributed by atoms with Gasteiger partial charge >= 0.3 is 5.97 Å². The average Bonchev–Trinajstić information content (AvgIpc) is 2.72. The molecule has 0 radical (unpaired) electrons. The summed E-state index contributed by atoms with van der Waals surface area (Å²) in [5, 5.41) is 4.38. The zero-order valence-electron chi connectivity index (χ0n) is 10.9. The van der Waals surface area contributed by atoms with E-state index in [0.29, 0.717) is 12.4 Å². The van der Waals surface area contributed by atoms with Crippen molar-refractivity contribution in [3.63, 3.8) is 0 Å². The van der Waals surface area contributed by atoms with Gasteiger partial charge in [-0.2, -0.15) is 0 Å². The van der Waals surface area contributed by atoms with Crippen LogP contribution in [0.2, 0.25) is 0 Å². The molecule has 0 amide bonds. The number of aryl methyl sites for hydroxylation is 1. The van der Waals surface area contributed by atoms with Gasteiger partial charge in [-0.1, -0.05) is 22.9 Å². The fourth-order valence-corrected chi connectivity index (χ4v) is 1.66. The van der Waals surface area contributed by atoms with Crippen molar-refractivity contribution in [2.75, 3.05) is 6.61 Å². The Morgan fingerprint density at radius 3 is 2.68 bits per heavy atom. The Morgan fingerprint density at radius 1 is 1.37 bits per heavy atom. The first-order valence-electron chi connectivity index (χ1n) is 5.86. The molecule has 1 aromatic heterocycles. The Bertz CT molecular complexity index is 540. The van der Waals surface area contributed by atoms with Crippen LogP contribution in [0.4, 0.5) is 0 Å². The largest absolute Gasteiger partial charge is 1.00 e. The van der Waals surface area contributed by atoms with E-state index in [4.69, 9.17) is 4.74 Å². The van der Waals surface area contributed by atoms with Gasteiger partial charge in [-0.3, -0.25) is 4.79 Å². The monoisotopic (exact) mass is 373 g/mol. The van der Waals surface area contributed by atoms with Crippen LogP contribution in [-0.2, 0) is 23.0 Å². The van der Waals surface area contributed by atoms with Gasteiger partial charge in [-0.05, 0) is 19.1 Å². The lowest BCUT2D eigenvalue weighted by Gasteiger charge is -1.96. The highest BCUT2D eigenvalue weighted by Gasteiger charge is 2.19. The molecule has 0 saturated carbocycles. The molecule has 0 spiro atoms. The summed E-state index contributed by atoms with van der Waals surface area (Å²) in [6.45, 7) is 2.18. The third kappa shape index (κ3) is 4.02. The quantitative estimate of drug-likeness (QED) is 0.348. The molecule has 1 heterocycles. The van der Waals surface area contributed by atoms with Gasteiger partial charge in [0.1, 0.15) is 12.1 Å². The fraction of sp³-hybridized carbons (Fsp3) is 0.308. The number of carbonyl (C=O) groups excluding carboxylic acids is 1. The van der Waals surface area contributed by atoms with E-state index < -0.39 is 0 Å². The smallest absolute Gasteiger partial charge is 0.316 e. The minimum absolute atomic E-state index is 0. The minimum atomic E-state index is -0.258. The van der Waals surface area contributed by atoms with Gasteiger partial charge in [0.05, 0.1) is 13.7 Å². The van der Waals surface area contributed by atoms with Crippen molar-refractivity contribution in [2.24, 2.45) is 7.05 Å². The molecule has 5 nitrogen and oxygen atoms in total. The van der Waals surface area contributed by atoms with Crippen LogP contribution in [0, 0.1) is 0 Å². The normalized spacial score (nSPS) is 9.79. The summed E-state index contributed by atoms with van der Waals surface area (Å²) in [4.78, 5) is 11.4. The number of halogens is 1. The number of esters is 1. The van der Waals surface area contributed by atoms with Crippen LogP contribution >= 0.6 is 0 Å². The number of para-hydroxylation sites is 1. The second-order valence-corrected chi connectivity index (χ2v) is 3.90. The lowest BCUT2D eigenvalue weighted by molar-refractivity contribution is -0.679. The van der Waals surface area contributed by atoms with Crippen LogP contribution in [0.3, 0.4) is 0 Å². The predicted octanol–water partition coefficient (Wildman–Crippen LogP) is -2.19. The van der Waals surface area contributed by atoms with E-state index in [0.717, 1.165) is 5.69 Å². The summed E-state index contributed by atoms with van der Waals surface area (Å²) < 4.78 is 8.48. The molecule has 0 atom stereocenters. The van der Waals surface area contributed by atoms with Crippen LogP contribution in [0.5, 0.6) is 0 Å². The van der Waals surface area contributed by atoms with Crippen LogP contribution in [0.1, 0.15) is 12.7 Å². The van der Waals surface area contributed by atoms with Crippen molar-refractivity contribution >= 4 is 5.97 Å². The number of rotatable bonds is 4. The molecule has 2 rings (SSSR count). The maximum atomic E-state index is 11.4. The molecule has 0 N–H and O–H groups in total. The number of nitrogens with zero attached hydrogens (tertiary/aromatic N) is 3. The van der Waals surface area contributed by atoms with Gasteiger partial charge in [0.25, 0.3) is 5.82 Å². The predicted molar refractivity (Wildman–Crippen MR) is 65.1 cm³/mol. The van der Waals surface area contributed by atoms with Gasteiger partial charge < -0.3 is 28.7 Å². The highest BCUT2D eigenvalue weighted by atomic mass is 127. The van der Waals surface area contributed by atoms with Crippen LogP contribution in [0.25, 0.3) is 5.69 Å². The van der Waals surface area contributed by atoms with Gasteiger partial charge in [0, 0.05) is 5.10 Å². The highest BCUT2D eigenvalue weighted by Crippen LogP contribution is 2.04. The highest BCUT2D eigenvalue weighted by molar-refractivity contribution is 5.71. The fourth-order valence-electron chi connectivity index (χ4n) is 1.66. The molecule has 0 fully saturated rings.